The fourth-order valence-electron chi connectivity index (χ4n) is 3.71. The van der Waals surface area contributed by atoms with Crippen molar-refractivity contribution in [2.45, 2.75) is 6.92 Å². The minimum Gasteiger partial charge on any atom is -0.506 e. The Morgan fingerprint density at radius 2 is 1.71 bits per heavy atom. The average molecular weight is 466 g/mol. The van der Waals surface area contributed by atoms with E-state index in [0.717, 1.165) is 10.9 Å². The quantitative estimate of drug-likeness (QED) is 0.335. The number of halogens is 1. The molecule has 5 rings (SSSR count). The molecule has 2 aromatic carbocycles. The summed E-state index contributed by atoms with van der Waals surface area (Å²) in [7, 11) is 0. The van der Waals surface area contributed by atoms with Crippen LogP contribution in [-0.2, 0) is 0 Å². The maximum atomic E-state index is 13.3. The van der Waals surface area contributed by atoms with Gasteiger partial charge >= 0.3 is 0 Å². The highest BCUT2D eigenvalue weighted by atomic mass is 19.1. The zero-order chi connectivity index (χ0) is 24.4. The summed E-state index contributed by atoms with van der Waals surface area (Å²) in [6.07, 6.45) is 6.30. The number of nitrogens with one attached hydrogen (secondary N) is 1. The zero-order valence-corrected chi connectivity index (χ0v) is 18.6. The van der Waals surface area contributed by atoms with E-state index in [2.05, 4.69) is 20.3 Å². The fourth-order valence-corrected chi connectivity index (χ4v) is 3.71. The van der Waals surface area contributed by atoms with Gasteiger partial charge in [0.2, 0.25) is 0 Å². The first-order valence-electron chi connectivity index (χ1n) is 10.7. The van der Waals surface area contributed by atoms with Crippen molar-refractivity contribution in [1.82, 2.24) is 15.0 Å². The fraction of sp³-hybridized carbons (Fsp3) is 0.0370. The van der Waals surface area contributed by atoms with E-state index >= 15 is 0 Å². The lowest BCUT2D eigenvalue weighted by molar-refractivity contribution is 0.102. The van der Waals surface area contributed by atoms with Crippen molar-refractivity contribution >= 4 is 22.5 Å². The van der Waals surface area contributed by atoms with Gasteiger partial charge in [-0.1, -0.05) is 12.1 Å². The molecule has 0 bridgehead atoms. The van der Waals surface area contributed by atoms with Crippen molar-refractivity contribution < 1.29 is 19.0 Å². The Hall–Kier alpha value is -4.85. The van der Waals surface area contributed by atoms with Crippen LogP contribution in [0, 0.1) is 12.7 Å². The Morgan fingerprint density at radius 3 is 2.49 bits per heavy atom. The molecular formula is C27H19FN4O3. The molecule has 35 heavy (non-hydrogen) atoms. The molecular weight excluding hydrogens is 447 g/mol. The monoisotopic (exact) mass is 466 g/mol. The van der Waals surface area contributed by atoms with Gasteiger partial charge in [0, 0.05) is 40.9 Å². The molecule has 0 aliphatic carbocycles. The third-order valence-electron chi connectivity index (χ3n) is 5.46. The second-order valence-electron chi connectivity index (χ2n) is 7.77. The molecule has 0 fully saturated rings. The molecule has 0 spiro atoms. The predicted molar refractivity (Wildman–Crippen MR) is 130 cm³/mol. The largest absolute Gasteiger partial charge is 0.506 e. The minimum absolute atomic E-state index is 0.00659. The van der Waals surface area contributed by atoms with E-state index in [1.54, 1.807) is 55.8 Å². The highest BCUT2D eigenvalue weighted by molar-refractivity contribution is 6.07. The first-order chi connectivity index (χ1) is 17.0. The van der Waals surface area contributed by atoms with Crippen LogP contribution in [0.4, 0.5) is 10.1 Å². The molecule has 172 valence electrons. The number of rotatable bonds is 5. The van der Waals surface area contributed by atoms with Gasteiger partial charge in [-0.2, -0.15) is 0 Å². The molecule has 1 amide bonds. The van der Waals surface area contributed by atoms with Gasteiger partial charge in [0.1, 0.15) is 28.6 Å². The van der Waals surface area contributed by atoms with Gasteiger partial charge in [-0.25, -0.2) is 4.39 Å². The summed E-state index contributed by atoms with van der Waals surface area (Å²) in [5.74, 6) is 0.0681. The summed E-state index contributed by atoms with van der Waals surface area (Å²) < 4.78 is 19.3. The van der Waals surface area contributed by atoms with Crippen LogP contribution in [-0.4, -0.2) is 26.0 Å². The number of aromatic nitrogens is 3. The molecule has 0 aliphatic rings. The van der Waals surface area contributed by atoms with Crippen LogP contribution in [0.5, 0.6) is 17.2 Å². The SMILES string of the molecule is Cc1ncc(C(=O)Nc2ccc(Oc3ccnc4cnccc34)cc2)c(O)c1-c1ccc(F)cc1. The standard InChI is InChI=1S/C27H19FN4O3/c1-16-25(17-2-4-18(28)5-3-17)26(33)22(14-31-16)27(34)32-19-6-8-20(9-7-19)35-24-11-13-30-23-15-29-12-10-21(23)24/h2-15H,1H3,(H,31,33)(H,32,34). The normalized spacial score (nSPS) is 10.8. The van der Waals surface area contributed by atoms with Crippen molar-refractivity contribution in [3.05, 3.63) is 103 Å². The number of carbonyl (C=O) groups excluding carboxylic acids is 1. The number of aromatic hydroxyl groups is 1. The minimum atomic E-state index is -0.528. The second-order valence-corrected chi connectivity index (χ2v) is 7.77. The number of aryl methyl sites for hydroxylation is 1. The first-order valence-corrected chi connectivity index (χ1v) is 10.7. The van der Waals surface area contributed by atoms with Crippen LogP contribution in [0.1, 0.15) is 16.1 Å². The summed E-state index contributed by atoms with van der Waals surface area (Å²) >= 11 is 0. The van der Waals surface area contributed by atoms with Gasteiger partial charge in [0.15, 0.2) is 0 Å². The van der Waals surface area contributed by atoms with Gasteiger partial charge in [-0.15, -0.1) is 0 Å². The summed E-state index contributed by atoms with van der Waals surface area (Å²) in [5, 5.41) is 14.4. The number of nitrogens with zero attached hydrogens (tertiary/aromatic N) is 3. The maximum Gasteiger partial charge on any atom is 0.261 e. The van der Waals surface area contributed by atoms with E-state index in [9.17, 15) is 14.3 Å². The van der Waals surface area contributed by atoms with E-state index < -0.39 is 11.7 Å². The molecule has 8 heteroatoms. The van der Waals surface area contributed by atoms with Crippen LogP contribution >= 0.6 is 0 Å². The van der Waals surface area contributed by atoms with Gasteiger partial charge in [0.25, 0.3) is 5.91 Å². The third-order valence-corrected chi connectivity index (χ3v) is 5.46. The Morgan fingerprint density at radius 1 is 0.943 bits per heavy atom. The third kappa shape index (κ3) is 4.49. The number of anilines is 1. The van der Waals surface area contributed by atoms with Crippen LogP contribution in [0.3, 0.4) is 0 Å². The van der Waals surface area contributed by atoms with E-state index in [0.29, 0.717) is 34.0 Å². The average Bonchev–Trinajstić information content (AvgIpc) is 2.86. The molecule has 0 aliphatic heterocycles. The van der Waals surface area contributed by atoms with Gasteiger partial charge in [0.05, 0.1) is 11.7 Å². The van der Waals surface area contributed by atoms with Crippen LogP contribution in [0.15, 0.2) is 85.5 Å². The Kier molecular flexibility index (Phi) is 5.76. The highest BCUT2D eigenvalue weighted by Gasteiger charge is 2.19. The molecule has 0 atom stereocenters. The van der Waals surface area contributed by atoms with Gasteiger partial charge < -0.3 is 15.2 Å². The van der Waals surface area contributed by atoms with Crippen molar-refractivity contribution in [1.29, 1.82) is 0 Å². The van der Waals surface area contributed by atoms with Gasteiger partial charge in [-0.3, -0.25) is 19.7 Å². The summed E-state index contributed by atoms with van der Waals surface area (Å²) in [5.41, 5.74) is 2.69. The molecule has 0 radical (unpaired) electrons. The lowest BCUT2D eigenvalue weighted by Gasteiger charge is -2.13. The smallest absolute Gasteiger partial charge is 0.261 e. The predicted octanol–water partition coefficient (Wildman–Crippen LogP) is 5.89. The van der Waals surface area contributed by atoms with E-state index in [1.807, 2.05) is 6.07 Å². The number of hydrogen-bond donors (Lipinski definition) is 2. The molecule has 3 heterocycles. The van der Waals surface area contributed by atoms with Crippen LogP contribution < -0.4 is 10.1 Å². The molecule has 3 aromatic heterocycles. The number of benzene rings is 2. The first kappa shape index (κ1) is 22.0. The maximum absolute atomic E-state index is 13.3. The van der Waals surface area contributed by atoms with Crippen molar-refractivity contribution in [2.24, 2.45) is 0 Å². The number of pyridine rings is 3. The number of hydrogen-bond acceptors (Lipinski definition) is 6. The lowest BCUT2D eigenvalue weighted by Crippen LogP contribution is -2.13. The molecule has 0 saturated carbocycles. The zero-order valence-electron chi connectivity index (χ0n) is 18.6. The lowest BCUT2D eigenvalue weighted by atomic mass is 10.0. The summed E-state index contributed by atoms with van der Waals surface area (Å²) in [6.45, 7) is 1.71. The number of amides is 1. The summed E-state index contributed by atoms with van der Waals surface area (Å²) in [6, 6.07) is 16.1. The molecule has 5 aromatic rings. The van der Waals surface area contributed by atoms with E-state index in [4.69, 9.17) is 4.74 Å². The summed E-state index contributed by atoms with van der Waals surface area (Å²) in [4.78, 5) is 25.5. The number of fused-ring (bicyclic) bond motifs is 1. The molecule has 0 unspecified atom stereocenters. The number of ether oxygens (including phenoxy) is 1. The Bertz CT molecular complexity index is 1530. The number of carbonyl (C=O) groups is 1. The highest BCUT2D eigenvalue weighted by Crippen LogP contribution is 2.35. The van der Waals surface area contributed by atoms with Crippen molar-refractivity contribution in [2.75, 3.05) is 5.32 Å². The topological polar surface area (TPSA) is 97.2 Å². The van der Waals surface area contributed by atoms with Crippen molar-refractivity contribution in [3.8, 4) is 28.4 Å². The van der Waals surface area contributed by atoms with Crippen LogP contribution in [0.25, 0.3) is 22.0 Å². The molecule has 7 nitrogen and oxygen atoms in total. The Balaban J connectivity index is 1.35. The molecule has 2 N–H and O–H groups in total. The second kappa shape index (κ2) is 9.18. The van der Waals surface area contributed by atoms with Gasteiger partial charge in [-0.05, 0) is 61.0 Å². The van der Waals surface area contributed by atoms with E-state index in [1.165, 1.54) is 30.5 Å². The van der Waals surface area contributed by atoms with Crippen molar-refractivity contribution in [3.63, 3.8) is 0 Å². The Labute approximate surface area is 199 Å². The molecule has 0 saturated heterocycles. The van der Waals surface area contributed by atoms with E-state index in [-0.39, 0.29) is 11.3 Å². The van der Waals surface area contributed by atoms with Crippen LogP contribution in [0.2, 0.25) is 0 Å².